The minimum atomic E-state index is 0.230. The standard InChI is InChI=1S/C14H11Br3/c1-9-12(3-2-4-13(9)16)14(17)10-5-7-11(15)8-6-10/h2-8,14H,1H3. The van der Waals surface area contributed by atoms with Crippen molar-refractivity contribution in [3.8, 4) is 0 Å². The van der Waals surface area contributed by atoms with E-state index in [1.807, 2.05) is 0 Å². The highest BCUT2D eigenvalue weighted by Gasteiger charge is 2.13. The molecule has 0 saturated carbocycles. The van der Waals surface area contributed by atoms with Crippen LogP contribution in [0.3, 0.4) is 0 Å². The molecular weight excluding hydrogens is 408 g/mol. The van der Waals surface area contributed by atoms with Gasteiger partial charge in [0.05, 0.1) is 4.83 Å². The van der Waals surface area contributed by atoms with Gasteiger partial charge in [-0.15, -0.1) is 0 Å². The lowest BCUT2D eigenvalue weighted by atomic mass is 10.0. The second-order valence-corrected chi connectivity index (χ2v) is 6.55. The van der Waals surface area contributed by atoms with Gasteiger partial charge in [-0.3, -0.25) is 0 Å². The van der Waals surface area contributed by atoms with Crippen LogP contribution < -0.4 is 0 Å². The van der Waals surface area contributed by atoms with Crippen molar-refractivity contribution in [3.05, 3.63) is 68.1 Å². The zero-order chi connectivity index (χ0) is 12.4. The Morgan fingerprint density at radius 3 is 2.24 bits per heavy atom. The molecule has 0 aliphatic rings. The monoisotopic (exact) mass is 416 g/mol. The van der Waals surface area contributed by atoms with Crippen LogP contribution in [0.1, 0.15) is 21.5 Å². The molecule has 2 rings (SSSR count). The van der Waals surface area contributed by atoms with E-state index in [9.17, 15) is 0 Å². The molecule has 0 saturated heterocycles. The Morgan fingerprint density at radius 1 is 0.941 bits per heavy atom. The third-order valence-corrected chi connectivity index (χ3v) is 5.15. The van der Waals surface area contributed by atoms with Crippen LogP contribution in [0.25, 0.3) is 0 Å². The van der Waals surface area contributed by atoms with E-state index in [2.05, 4.69) is 97.2 Å². The molecular formula is C14H11Br3. The fourth-order valence-electron chi connectivity index (χ4n) is 1.71. The van der Waals surface area contributed by atoms with E-state index in [4.69, 9.17) is 0 Å². The fraction of sp³-hybridized carbons (Fsp3) is 0.143. The molecule has 0 aliphatic heterocycles. The third-order valence-electron chi connectivity index (χ3n) is 2.75. The van der Waals surface area contributed by atoms with Gasteiger partial charge in [0.2, 0.25) is 0 Å². The summed E-state index contributed by atoms with van der Waals surface area (Å²) in [5.74, 6) is 0. The number of halogens is 3. The zero-order valence-corrected chi connectivity index (χ0v) is 14.0. The van der Waals surface area contributed by atoms with Crippen molar-refractivity contribution in [3.63, 3.8) is 0 Å². The Labute approximate surface area is 127 Å². The second kappa shape index (κ2) is 5.68. The van der Waals surface area contributed by atoms with Gasteiger partial charge in [0.15, 0.2) is 0 Å². The van der Waals surface area contributed by atoms with Crippen molar-refractivity contribution in [1.82, 2.24) is 0 Å². The molecule has 2 aromatic rings. The van der Waals surface area contributed by atoms with Crippen LogP contribution in [0.5, 0.6) is 0 Å². The normalized spacial score (nSPS) is 12.5. The SMILES string of the molecule is Cc1c(Br)cccc1C(Br)c1ccc(Br)cc1. The lowest BCUT2D eigenvalue weighted by molar-refractivity contribution is 1.13. The summed E-state index contributed by atoms with van der Waals surface area (Å²) in [6.45, 7) is 2.13. The molecule has 1 unspecified atom stereocenters. The minimum absolute atomic E-state index is 0.230. The van der Waals surface area contributed by atoms with E-state index >= 15 is 0 Å². The number of hydrogen-bond donors (Lipinski definition) is 0. The van der Waals surface area contributed by atoms with E-state index in [0.29, 0.717) is 0 Å². The molecule has 0 aliphatic carbocycles. The molecule has 0 N–H and O–H groups in total. The quantitative estimate of drug-likeness (QED) is 0.524. The van der Waals surface area contributed by atoms with Gasteiger partial charge in [0.1, 0.15) is 0 Å². The Bertz CT molecular complexity index is 517. The average Bonchev–Trinajstić information content (AvgIpc) is 2.33. The maximum absolute atomic E-state index is 3.77. The van der Waals surface area contributed by atoms with Crippen molar-refractivity contribution in [1.29, 1.82) is 0 Å². The first-order chi connectivity index (χ1) is 8.09. The van der Waals surface area contributed by atoms with Gasteiger partial charge in [-0.05, 0) is 41.8 Å². The van der Waals surface area contributed by atoms with E-state index in [-0.39, 0.29) is 4.83 Å². The molecule has 0 aromatic heterocycles. The summed E-state index contributed by atoms with van der Waals surface area (Å²) < 4.78 is 2.25. The zero-order valence-electron chi connectivity index (χ0n) is 9.25. The van der Waals surface area contributed by atoms with Crippen LogP contribution in [-0.4, -0.2) is 0 Å². The molecule has 17 heavy (non-hydrogen) atoms. The molecule has 0 nitrogen and oxygen atoms in total. The van der Waals surface area contributed by atoms with Crippen LogP contribution in [0.2, 0.25) is 0 Å². The Balaban J connectivity index is 2.40. The number of rotatable bonds is 2. The van der Waals surface area contributed by atoms with Crippen molar-refractivity contribution >= 4 is 47.8 Å². The molecule has 88 valence electrons. The largest absolute Gasteiger partial charge is 0.0786 e. The molecule has 1 atom stereocenters. The van der Waals surface area contributed by atoms with E-state index in [1.54, 1.807) is 0 Å². The highest BCUT2D eigenvalue weighted by molar-refractivity contribution is 9.11. The van der Waals surface area contributed by atoms with Crippen LogP contribution >= 0.6 is 47.8 Å². The predicted octanol–water partition coefficient (Wildman–Crippen LogP) is 6.00. The van der Waals surface area contributed by atoms with Gasteiger partial charge < -0.3 is 0 Å². The number of alkyl halides is 1. The maximum atomic E-state index is 3.77. The highest BCUT2D eigenvalue weighted by atomic mass is 79.9. The molecule has 0 bridgehead atoms. The maximum Gasteiger partial charge on any atom is 0.0647 e. The third kappa shape index (κ3) is 3.01. The summed E-state index contributed by atoms with van der Waals surface area (Å²) >= 11 is 10.8. The lowest BCUT2D eigenvalue weighted by Crippen LogP contribution is -1.96. The van der Waals surface area contributed by atoms with Crippen molar-refractivity contribution in [2.75, 3.05) is 0 Å². The fourth-order valence-corrected chi connectivity index (χ4v) is 3.16. The second-order valence-electron chi connectivity index (χ2n) is 3.87. The van der Waals surface area contributed by atoms with E-state index in [0.717, 1.165) is 8.95 Å². The Morgan fingerprint density at radius 2 is 1.59 bits per heavy atom. The summed E-state index contributed by atoms with van der Waals surface area (Å²) in [5.41, 5.74) is 3.83. The van der Waals surface area contributed by atoms with Gasteiger partial charge in [-0.1, -0.05) is 72.1 Å². The van der Waals surface area contributed by atoms with Gasteiger partial charge in [-0.25, -0.2) is 0 Å². The van der Waals surface area contributed by atoms with Crippen molar-refractivity contribution < 1.29 is 0 Å². The Hall–Kier alpha value is -0.120. The smallest absolute Gasteiger partial charge is 0.0647 e. The van der Waals surface area contributed by atoms with Gasteiger partial charge in [0, 0.05) is 8.95 Å². The summed E-state index contributed by atoms with van der Waals surface area (Å²) in [5, 5.41) is 0. The molecule has 0 radical (unpaired) electrons. The highest BCUT2D eigenvalue weighted by Crippen LogP contribution is 2.35. The summed E-state index contributed by atoms with van der Waals surface area (Å²) in [7, 11) is 0. The van der Waals surface area contributed by atoms with Gasteiger partial charge in [-0.2, -0.15) is 0 Å². The molecule has 3 heteroatoms. The molecule has 2 aromatic carbocycles. The topological polar surface area (TPSA) is 0 Å². The van der Waals surface area contributed by atoms with Crippen LogP contribution in [0.15, 0.2) is 51.4 Å². The first kappa shape index (κ1) is 13.3. The summed E-state index contributed by atoms with van der Waals surface area (Å²) in [6.07, 6.45) is 0. The number of benzene rings is 2. The average molecular weight is 419 g/mol. The van der Waals surface area contributed by atoms with Crippen molar-refractivity contribution in [2.24, 2.45) is 0 Å². The van der Waals surface area contributed by atoms with E-state index in [1.165, 1.54) is 16.7 Å². The van der Waals surface area contributed by atoms with Crippen molar-refractivity contribution in [2.45, 2.75) is 11.8 Å². The summed E-state index contributed by atoms with van der Waals surface area (Å²) in [6, 6.07) is 14.7. The molecule has 0 heterocycles. The predicted molar refractivity (Wildman–Crippen MR) is 83.8 cm³/mol. The van der Waals surface area contributed by atoms with E-state index < -0.39 is 0 Å². The molecule has 0 spiro atoms. The minimum Gasteiger partial charge on any atom is -0.0786 e. The molecule has 0 fully saturated rings. The van der Waals surface area contributed by atoms with Gasteiger partial charge >= 0.3 is 0 Å². The molecule has 0 amide bonds. The Kier molecular flexibility index (Phi) is 4.45. The lowest BCUT2D eigenvalue weighted by Gasteiger charge is -2.14. The van der Waals surface area contributed by atoms with Crippen LogP contribution in [0, 0.1) is 6.92 Å². The van der Waals surface area contributed by atoms with Crippen LogP contribution in [0.4, 0.5) is 0 Å². The summed E-state index contributed by atoms with van der Waals surface area (Å²) in [4.78, 5) is 0.230. The first-order valence-corrected chi connectivity index (χ1v) is 7.74. The van der Waals surface area contributed by atoms with Gasteiger partial charge in [0.25, 0.3) is 0 Å². The van der Waals surface area contributed by atoms with Crippen LogP contribution in [-0.2, 0) is 0 Å². The number of hydrogen-bond acceptors (Lipinski definition) is 0. The first-order valence-electron chi connectivity index (χ1n) is 5.24.